The number of benzene rings is 1. The monoisotopic (exact) mass is 210 g/mol. The third kappa shape index (κ3) is 3.13. The maximum atomic E-state index is 9.33. The molecule has 15 heavy (non-hydrogen) atoms. The van der Waals surface area contributed by atoms with Gasteiger partial charge in [0.15, 0.2) is 11.5 Å². The summed E-state index contributed by atoms with van der Waals surface area (Å²) in [6.07, 6.45) is 0.871. The van der Waals surface area contributed by atoms with Crippen LogP contribution in [0.1, 0.15) is 19.4 Å². The van der Waals surface area contributed by atoms with E-state index in [2.05, 4.69) is 13.8 Å². The second kappa shape index (κ2) is 5.03. The maximum Gasteiger partial charge on any atom is 0.157 e. The Labute approximate surface area is 90.3 Å². The van der Waals surface area contributed by atoms with Gasteiger partial charge in [-0.25, -0.2) is 0 Å². The molecule has 0 unspecified atom stereocenters. The van der Waals surface area contributed by atoms with Crippen molar-refractivity contribution in [3.8, 4) is 11.5 Å². The van der Waals surface area contributed by atoms with Crippen molar-refractivity contribution in [3.05, 3.63) is 23.8 Å². The lowest BCUT2D eigenvalue weighted by Gasteiger charge is -2.19. The van der Waals surface area contributed by atoms with Crippen molar-refractivity contribution >= 4 is 0 Å². The molecule has 0 aliphatic rings. The molecule has 0 aromatic heterocycles. The minimum Gasteiger partial charge on any atom is -0.504 e. The highest BCUT2D eigenvalue weighted by molar-refractivity contribution is 5.40. The fourth-order valence-electron chi connectivity index (χ4n) is 1.52. The summed E-state index contributed by atoms with van der Waals surface area (Å²) in [7, 11) is 1.69. The number of rotatable bonds is 4. The zero-order valence-electron chi connectivity index (χ0n) is 9.40. The van der Waals surface area contributed by atoms with Crippen molar-refractivity contribution in [1.82, 2.24) is 0 Å². The smallest absolute Gasteiger partial charge is 0.157 e. The highest BCUT2D eigenvalue weighted by Gasteiger charge is 2.13. The van der Waals surface area contributed by atoms with Crippen LogP contribution in [-0.2, 0) is 11.2 Å². The Bertz CT molecular complexity index is 321. The molecular formula is C12H18O3. The lowest BCUT2D eigenvalue weighted by atomic mass is 9.99. The molecule has 3 heteroatoms. The number of phenols is 2. The van der Waals surface area contributed by atoms with Crippen LogP contribution >= 0.6 is 0 Å². The van der Waals surface area contributed by atoms with Crippen LogP contribution in [0, 0.1) is 5.92 Å². The Balaban J connectivity index is 2.75. The average molecular weight is 210 g/mol. The van der Waals surface area contributed by atoms with Crippen LogP contribution in [0.25, 0.3) is 0 Å². The van der Waals surface area contributed by atoms with Crippen LogP contribution in [0.3, 0.4) is 0 Å². The summed E-state index contributed by atoms with van der Waals surface area (Å²) in [5, 5.41) is 18.5. The third-order valence-electron chi connectivity index (χ3n) is 2.52. The molecule has 1 aromatic rings. The largest absolute Gasteiger partial charge is 0.504 e. The lowest BCUT2D eigenvalue weighted by Crippen LogP contribution is -2.20. The molecule has 1 aromatic carbocycles. The predicted molar refractivity (Wildman–Crippen MR) is 59.1 cm³/mol. The van der Waals surface area contributed by atoms with E-state index < -0.39 is 0 Å². The zero-order valence-corrected chi connectivity index (χ0v) is 9.40. The molecule has 1 atom stereocenters. The molecule has 0 bridgehead atoms. The van der Waals surface area contributed by atoms with Gasteiger partial charge in [-0.15, -0.1) is 0 Å². The van der Waals surface area contributed by atoms with E-state index in [9.17, 15) is 5.11 Å². The Hall–Kier alpha value is -1.22. The maximum absolute atomic E-state index is 9.33. The SMILES string of the molecule is CO[C@H](Cc1ccc(O)c(O)c1)C(C)C. The molecule has 84 valence electrons. The van der Waals surface area contributed by atoms with Gasteiger partial charge in [0.05, 0.1) is 6.10 Å². The molecule has 0 aliphatic heterocycles. The van der Waals surface area contributed by atoms with Gasteiger partial charge in [0.1, 0.15) is 0 Å². The number of hydrogen-bond acceptors (Lipinski definition) is 3. The van der Waals surface area contributed by atoms with Gasteiger partial charge in [-0.05, 0) is 30.0 Å². The molecule has 0 spiro atoms. The summed E-state index contributed by atoms with van der Waals surface area (Å²) in [5.41, 5.74) is 0.964. The standard InChI is InChI=1S/C12H18O3/c1-8(2)12(15-3)7-9-4-5-10(13)11(14)6-9/h4-6,8,12-14H,7H2,1-3H3/t12-/m1/s1. The van der Waals surface area contributed by atoms with Crippen LogP contribution in [-0.4, -0.2) is 23.4 Å². The summed E-state index contributed by atoms with van der Waals surface area (Å²) in [6, 6.07) is 4.87. The van der Waals surface area contributed by atoms with Crippen LogP contribution in [0.15, 0.2) is 18.2 Å². The van der Waals surface area contributed by atoms with E-state index in [1.54, 1.807) is 19.2 Å². The van der Waals surface area contributed by atoms with E-state index >= 15 is 0 Å². The predicted octanol–water partition coefficient (Wildman–Crippen LogP) is 2.31. The van der Waals surface area contributed by atoms with E-state index in [-0.39, 0.29) is 17.6 Å². The Kier molecular flexibility index (Phi) is 3.97. The van der Waals surface area contributed by atoms with Gasteiger partial charge in [-0.1, -0.05) is 19.9 Å². The van der Waals surface area contributed by atoms with E-state index in [1.165, 1.54) is 6.07 Å². The number of ether oxygens (including phenoxy) is 1. The van der Waals surface area contributed by atoms with Gasteiger partial charge in [0, 0.05) is 7.11 Å². The molecule has 0 saturated heterocycles. The van der Waals surface area contributed by atoms with Crippen molar-refractivity contribution in [2.45, 2.75) is 26.4 Å². The number of hydrogen-bond donors (Lipinski definition) is 2. The van der Waals surface area contributed by atoms with Gasteiger partial charge in [0.25, 0.3) is 0 Å². The number of phenolic OH excluding ortho intramolecular Hbond substituents is 2. The topological polar surface area (TPSA) is 49.7 Å². The fraction of sp³-hybridized carbons (Fsp3) is 0.500. The molecule has 2 N–H and O–H groups in total. The molecule has 0 heterocycles. The molecule has 3 nitrogen and oxygen atoms in total. The van der Waals surface area contributed by atoms with Gasteiger partial charge in [-0.2, -0.15) is 0 Å². The second-order valence-electron chi connectivity index (χ2n) is 4.05. The van der Waals surface area contributed by atoms with E-state index in [4.69, 9.17) is 9.84 Å². The van der Waals surface area contributed by atoms with E-state index in [0.29, 0.717) is 5.92 Å². The van der Waals surface area contributed by atoms with Crippen molar-refractivity contribution in [2.75, 3.05) is 7.11 Å². The Morgan fingerprint density at radius 3 is 2.33 bits per heavy atom. The first kappa shape index (κ1) is 11.9. The van der Waals surface area contributed by atoms with Gasteiger partial charge >= 0.3 is 0 Å². The third-order valence-corrected chi connectivity index (χ3v) is 2.52. The van der Waals surface area contributed by atoms with Crippen LogP contribution in [0.2, 0.25) is 0 Å². The minimum atomic E-state index is -0.0859. The van der Waals surface area contributed by atoms with Crippen molar-refractivity contribution in [1.29, 1.82) is 0 Å². The molecule has 0 fully saturated rings. The van der Waals surface area contributed by atoms with Crippen molar-refractivity contribution in [2.24, 2.45) is 5.92 Å². The van der Waals surface area contributed by atoms with Crippen molar-refractivity contribution in [3.63, 3.8) is 0 Å². The highest BCUT2D eigenvalue weighted by atomic mass is 16.5. The van der Waals surface area contributed by atoms with Crippen molar-refractivity contribution < 1.29 is 14.9 Å². The van der Waals surface area contributed by atoms with E-state index in [0.717, 1.165) is 12.0 Å². The first-order valence-corrected chi connectivity index (χ1v) is 5.08. The summed E-state index contributed by atoms with van der Waals surface area (Å²) >= 11 is 0. The molecule has 0 amide bonds. The molecule has 1 rings (SSSR count). The number of methoxy groups -OCH3 is 1. The summed E-state index contributed by atoms with van der Waals surface area (Å²) in [4.78, 5) is 0. The fourth-order valence-corrected chi connectivity index (χ4v) is 1.52. The Morgan fingerprint density at radius 1 is 1.20 bits per heavy atom. The molecule has 0 radical (unpaired) electrons. The summed E-state index contributed by atoms with van der Waals surface area (Å²) in [6.45, 7) is 4.18. The van der Waals surface area contributed by atoms with Gasteiger partial charge < -0.3 is 14.9 Å². The summed E-state index contributed by atoms with van der Waals surface area (Å²) in [5.74, 6) is 0.259. The number of aromatic hydroxyl groups is 2. The first-order valence-electron chi connectivity index (χ1n) is 5.08. The average Bonchev–Trinajstić information content (AvgIpc) is 2.19. The molecule has 0 aliphatic carbocycles. The molecular weight excluding hydrogens is 192 g/mol. The van der Waals surface area contributed by atoms with Gasteiger partial charge in [0.2, 0.25) is 0 Å². The van der Waals surface area contributed by atoms with E-state index in [1.807, 2.05) is 0 Å². The normalized spacial score (nSPS) is 13.1. The zero-order chi connectivity index (χ0) is 11.4. The van der Waals surface area contributed by atoms with Crippen LogP contribution in [0.4, 0.5) is 0 Å². The second-order valence-corrected chi connectivity index (χ2v) is 4.05. The first-order chi connectivity index (χ1) is 7.04. The molecule has 0 saturated carbocycles. The van der Waals surface area contributed by atoms with Gasteiger partial charge in [-0.3, -0.25) is 0 Å². The minimum absolute atomic E-state index is 0.0777. The summed E-state index contributed by atoms with van der Waals surface area (Å²) < 4.78 is 5.34. The Morgan fingerprint density at radius 2 is 1.87 bits per heavy atom. The van der Waals surface area contributed by atoms with Crippen LogP contribution in [0.5, 0.6) is 11.5 Å². The quantitative estimate of drug-likeness (QED) is 0.750. The lowest BCUT2D eigenvalue weighted by molar-refractivity contribution is 0.0654. The highest BCUT2D eigenvalue weighted by Crippen LogP contribution is 2.26. The van der Waals surface area contributed by atoms with Crippen LogP contribution < -0.4 is 0 Å².